The van der Waals surface area contributed by atoms with Crippen LogP contribution in [-0.4, -0.2) is 40.1 Å². The molecule has 0 aromatic carbocycles. The summed E-state index contributed by atoms with van der Waals surface area (Å²) in [7, 11) is 0. The van der Waals surface area contributed by atoms with E-state index in [1.165, 1.54) is 0 Å². The predicted octanol–water partition coefficient (Wildman–Crippen LogP) is 1.63. The Hall–Kier alpha value is -1.43. The van der Waals surface area contributed by atoms with E-state index in [1.807, 2.05) is 0 Å². The van der Waals surface area contributed by atoms with E-state index in [0.29, 0.717) is 0 Å². The summed E-state index contributed by atoms with van der Waals surface area (Å²) in [4.78, 5) is 36.3. The summed E-state index contributed by atoms with van der Waals surface area (Å²) in [6, 6.07) is 0. The maximum absolute atomic E-state index is 12.3. The highest BCUT2D eigenvalue weighted by Gasteiger charge is 2.46. The molecule has 0 spiro atoms. The van der Waals surface area contributed by atoms with Crippen molar-refractivity contribution in [2.45, 2.75) is 71.7 Å². The molecule has 0 heterocycles. The van der Waals surface area contributed by atoms with Crippen LogP contribution in [0.15, 0.2) is 0 Å². The first-order valence-electron chi connectivity index (χ1n) is 7.46. The molecule has 0 bridgehead atoms. The van der Waals surface area contributed by atoms with Crippen molar-refractivity contribution in [2.24, 2.45) is 11.8 Å². The first-order valence-corrected chi connectivity index (χ1v) is 7.46. The Balaban J connectivity index is 2.95. The normalized spacial score (nSPS) is 26.5. The molecule has 6 nitrogen and oxygen atoms in total. The third-order valence-electron chi connectivity index (χ3n) is 3.17. The summed E-state index contributed by atoms with van der Waals surface area (Å²) < 4.78 is 10.6. The highest BCUT2D eigenvalue weighted by atomic mass is 16.6. The Morgan fingerprint density at radius 2 is 1.36 bits per heavy atom. The molecule has 1 fully saturated rings. The van der Waals surface area contributed by atoms with Crippen molar-refractivity contribution in [1.82, 2.24) is 0 Å². The molecule has 0 aromatic rings. The van der Waals surface area contributed by atoms with Crippen LogP contribution in [0, 0.1) is 11.8 Å². The second-order valence-electron chi connectivity index (χ2n) is 7.70. The van der Waals surface area contributed by atoms with Crippen molar-refractivity contribution in [3.63, 3.8) is 0 Å². The summed E-state index contributed by atoms with van der Waals surface area (Å²) in [5, 5.41) is 9.72. The third kappa shape index (κ3) is 5.40. The molecule has 1 aliphatic rings. The minimum absolute atomic E-state index is 0.113. The van der Waals surface area contributed by atoms with Gasteiger partial charge in [0.25, 0.3) is 0 Å². The molecule has 0 aliphatic heterocycles. The van der Waals surface area contributed by atoms with Crippen LogP contribution in [0.3, 0.4) is 0 Å². The SMILES string of the molecule is CC(C)(C)OC(=O)[C@H]1CC(=O)[C@H](O)C[C@@H]1C(=O)OC(C)(C)C. The average molecular weight is 314 g/mol. The lowest BCUT2D eigenvalue weighted by atomic mass is 9.77. The third-order valence-corrected chi connectivity index (χ3v) is 3.17. The molecule has 6 heteroatoms. The Morgan fingerprint density at radius 3 is 1.77 bits per heavy atom. The van der Waals surface area contributed by atoms with Gasteiger partial charge in [0.05, 0.1) is 11.8 Å². The lowest BCUT2D eigenvalue weighted by molar-refractivity contribution is -0.178. The van der Waals surface area contributed by atoms with Gasteiger partial charge in [-0.25, -0.2) is 0 Å². The lowest BCUT2D eigenvalue weighted by Gasteiger charge is -2.34. The van der Waals surface area contributed by atoms with E-state index in [2.05, 4.69) is 0 Å². The monoisotopic (exact) mass is 314 g/mol. The van der Waals surface area contributed by atoms with Crippen LogP contribution in [0.4, 0.5) is 0 Å². The number of esters is 2. The first-order chi connectivity index (χ1) is 9.80. The lowest BCUT2D eigenvalue weighted by Crippen LogP contribution is -2.46. The van der Waals surface area contributed by atoms with E-state index in [4.69, 9.17) is 9.47 Å². The van der Waals surface area contributed by atoms with Gasteiger partial charge in [-0.1, -0.05) is 0 Å². The molecule has 0 radical (unpaired) electrons. The summed E-state index contributed by atoms with van der Waals surface area (Å²) in [5.41, 5.74) is -1.42. The van der Waals surface area contributed by atoms with E-state index in [1.54, 1.807) is 41.5 Å². The number of aliphatic hydroxyl groups excluding tert-OH is 1. The maximum atomic E-state index is 12.3. The van der Waals surface area contributed by atoms with Gasteiger partial charge in [0, 0.05) is 6.42 Å². The van der Waals surface area contributed by atoms with E-state index in [-0.39, 0.29) is 12.8 Å². The number of carbonyl (C=O) groups is 3. The van der Waals surface area contributed by atoms with Crippen LogP contribution in [0.5, 0.6) is 0 Å². The summed E-state index contributed by atoms with van der Waals surface area (Å²) >= 11 is 0. The zero-order valence-electron chi connectivity index (χ0n) is 14.1. The van der Waals surface area contributed by atoms with Gasteiger partial charge in [0.2, 0.25) is 0 Å². The Bertz CT molecular complexity index is 454. The molecule has 0 aromatic heterocycles. The largest absolute Gasteiger partial charge is 0.460 e. The smallest absolute Gasteiger partial charge is 0.310 e. The topological polar surface area (TPSA) is 89.9 Å². The number of hydrogen-bond acceptors (Lipinski definition) is 6. The number of Topliss-reactive ketones (excluding diaryl/α,β-unsaturated/α-hetero) is 1. The Morgan fingerprint density at radius 1 is 0.955 bits per heavy atom. The van der Waals surface area contributed by atoms with Gasteiger partial charge < -0.3 is 14.6 Å². The van der Waals surface area contributed by atoms with Crippen LogP contribution in [0.2, 0.25) is 0 Å². The first kappa shape index (κ1) is 18.6. The maximum Gasteiger partial charge on any atom is 0.310 e. The Kier molecular flexibility index (Phi) is 5.38. The van der Waals surface area contributed by atoms with Crippen molar-refractivity contribution >= 4 is 17.7 Å². The van der Waals surface area contributed by atoms with Gasteiger partial charge in [0.1, 0.15) is 17.3 Å². The molecule has 22 heavy (non-hydrogen) atoms. The molecule has 1 rings (SSSR count). The molecule has 0 saturated heterocycles. The van der Waals surface area contributed by atoms with Crippen LogP contribution < -0.4 is 0 Å². The second-order valence-corrected chi connectivity index (χ2v) is 7.70. The van der Waals surface area contributed by atoms with Crippen molar-refractivity contribution in [3.05, 3.63) is 0 Å². The van der Waals surface area contributed by atoms with Gasteiger partial charge in [-0.3, -0.25) is 14.4 Å². The van der Waals surface area contributed by atoms with Gasteiger partial charge in [-0.05, 0) is 48.0 Å². The van der Waals surface area contributed by atoms with E-state index >= 15 is 0 Å². The molecule has 0 unspecified atom stereocenters. The predicted molar refractivity (Wildman–Crippen MR) is 78.9 cm³/mol. The van der Waals surface area contributed by atoms with E-state index < -0.39 is 46.9 Å². The number of carbonyl (C=O) groups excluding carboxylic acids is 3. The highest BCUT2D eigenvalue weighted by Crippen LogP contribution is 2.32. The van der Waals surface area contributed by atoms with Gasteiger partial charge in [0.15, 0.2) is 5.78 Å². The molecule has 126 valence electrons. The fourth-order valence-electron chi connectivity index (χ4n) is 2.29. The minimum Gasteiger partial charge on any atom is -0.460 e. The molecule has 3 atom stereocenters. The molecular weight excluding hydrogens is 288 g/mol. The molecular formula is C16H26O6. The average Bonchev–Trinajstić information content (AvgIpc) is 2.27. The summed E-state index contributed by atoms with van der Waals surface area (Å²) in [6.07, 6.45) is -1.56. The molecule has 1 saturated carbocycles. The van der Waals surface area contributed by atoms with Crippen LogP contribution in [0.1, 0.15) is 54.4 Å². The van der Waals surface area contributed by atoms with Gasteiger partial charge >= 0.3 is 11.9 Å². The zero-order chi connectivity index (χ0) is 17.3. The van der Waals surface area contributed by atoms with Crippen molar-refractivity contribution in [1.29, 1.82) is 0 Å². The van der Waals surface area contributed by atoms with E-state index in [0.717, 1.165) is 0 Å². The summed E-state index contributed by atoms with van der Waals surface area (Å²) in [5.74, 6) is -3.43. The number of ketones is 1. The molecule has 1 aliphatic carbocycles. The zero-order valence-corrected chi connectivity index (χ0v) is 14.1. The minimum atomic E-state index is -1.24. The van der Waals surface area contributed by atoms with Crippen molar-refractivity contribution in [2.75, 3.05) is 0 Å². The highest BCUT2D eigenvalue weighted by molar-refractivity contribution is 5.93. The second kappa shape index (κ2) is 6.36. The molecule has 0 amide bonds. The fraction of sp³-hybridized carbons (Fsp3) is 0.812. The van der Waals surface area contributed by atoms with Crippen molar-refractivity contribution < 1.29 is 29.0 Å². The Labute approximate surface area is 131 Å². The fourth-order valence-corrected chi connectivity index (χ4v) is 2.29. The number of hydrogen-bond donors (Lipinski definition) is 1. The number of rotatable bonds is 2. The van der Waals surface area contributed by atoms with E-state index in [9.17, 15) is 19.5 Å². The van der Waals surface area contributed by atoms with Crippen molar-refractivity contribution in [3.8, 4) is 0 Å². The summed E-state index contributed by atoms with van der Waals surface area (Å²) in [6.45, 7) is 10.3. The molecule has 1 N–H and O–H groups in total. The van der Waals surface area contributed by atoms with Crippen LogP contribution in [-0.2, 0) is 23.9 Å². The van der Waals surface area contributed by atoms with Crippen LogP contribution in [0.25, 0.3) is 0 Å². The number of aliphatic hydroxyl groups is 1. The van der Waals surface area contributed by atoms with Crippen LogP contribution >= 0.6 is 0 Å². The quantitative estimate of drug-likeness (QED) is 0.779. The van der Waals surface area contributed by atoms with Gasteiger partial charge in [-0.2, -0.15) is 0 Å². The standard InChI is InChI=1S/C16H26O6/c1-15(2,3)21-13(19)9-7-11(17)12(18)8-10(9)14(20)22-16(4,5)6/h9-11,17H,7-8H2,1-6H3/t9-,10-,11+/m0/s1. The van der Waals surface area contributed by atoms with Gasteiger partial charge in [-0.15, -0.1) is 0 Å². The number of ether oxygens (including phenoxy) is 2.